The Morgan fingerprint density at radius 1 is 1.03 bits per heavy atom. The van der Waals surface area contributed by atoms with E-state index in [-0.39, 0.29) is 12.2 Å². The predicted molar refractivity (Wildman–Crippen MR) is 158 cm³/mol. The van der Waals surface area contributed by atoms with E-state index >= 15 is 0 Å². The maximum atomic E-state index is 11.3. The fraction of sp³-hybridized carbons (Fsp3) is 0.852. The van der Waals surface area contributed by atoms with Gasteiger partial charge >= 0.3 is 7.60 Å². The van der Waals surface area contributed by atoms with Gasteiger partial charge in [0.2, 0.25) is 5.95 Å². The monoisotopic (exact) mass is 566 g/mol. The summed E-state index contributed by atoms with van der Waals surface area (Å²) in [6, 6.07) is 3.09. The predicted octanol–water partition coefficient (Wildman–Crippen LogP) is 2.62. The summed E-state index contributed by atoms with van der Waals surface area (Å²) < 4.78 is 11.3. The zero-order valence-electron chi connectivity index (χ0n) is 23.7. The molecule has 3 fully saturated rings. The maximum Gasteiger partial charge on any atom is 0.326 e. The van der Waals surface area contributed by atoms with Gasteiger partial charge < -0.3 is 36.4 Å². The summed E-state index contributed by atoms with van der Waals surface area (Å²) in [7, 11) is -3.99. The van der Waals surface area contributed by atoms with Crippen molar-refractivity contribution in [1.29, 1.82) is 0 Å². The van der Waals surface area contributed by atoms with E-state index in [9.17, 15) is 14.4 Å². The molecule has 7 N–H and O–H groups in total. The van der Waals surface area contributed by atoms with Gasteiger partial charge in [-0.15, -0.1) is 0 Å². The van der Waals surface area contributed by atoms with Gasteiger partial charge in [-0.05, 0) is 77.4 Å². The van der Waals surface area contributed by atoms with Gasteiger partial charge in [-0.25, -0.2) is 0 Å². The molecule has 1 atom stereocenters. The van der Waals surface area contributed by atoms with Crippen LogP contribution in [0.3, 0.4) is 0 Å². The molecule has 2 aliphatic carbocycles. The lowest BCUT2D eigenvalue weighted by atomic mass is 9.86. The highest BCUT2D eigenvalue weighted by molar-refractivity contribution is 7.51. The Morgan fingerprint density at radius 3 is 2.51 bits per heavy atom. The molecule has 3 aliphatic rings. The van der Waals surface area contributed by atoms with E-state index in [2.05, 4.69) is 37.7 Å². The molecule has 1 aliphatic heterocycles. The largest absolute Gasteiger partial charge is 0.383 e. The number of piperazine rings is 1. The first-order chi connectivity index (χ1) is 18.7. The molecule has 0 amide bonds. The van der Waals surface area contributed by atoms with Gasteiger partial charge in [-0.3, -0.25) is 9.46 Å². The zero-order valence-corrected chi connectivity index (χ0v) is 24.6. The lowest BCUT2D eigenvalue weighted by Gasteiger charge is -2.40. The number of hydrogen-bond donors (Lipinski definition) is 6. The summed E-state index contributed by atoms with van der Waals surface area (Å²) in [5, 5.41) is 11.0. The quantitative estimate of drug-likeness (QED) is 0.154. The average Bonchev–Trinajstić information content (AvgIpc) is 2.90. The summed E-state index contributed by atoms with van der Waals surface area (Å²) in [6.45, 7) is 7.99. The molecule has 2 heterocycles. The minimum atomic E-state index is -3.99. The van der Waals surface area contributed by atoms with Crippen LogP contribution in [0.15, 0.2) is 6.07 Å². The van der Waals surface area contributed by atoms with Crippen LogP contribution >= 0.6 is 7.60 Å². The molecule has 0 aromatic carbocycles. The minimum absolute atomic E-state index is 0.109. The molecule has 222 valence electrons. The second kappa shape index (κ2) is 14.9. The lowest BCUT2D eigenvalue weighted by molar-refractivity contribution is 0.196. The van der Waals surface area contributed by atoms with Crippen LogP contribution in [0, 0.1) is 5.92 Å². The highest BCUT2D eigenvalue weighted by Gasteiger charge is 2.27. The molecule has 1 saturated heterocycles. The van der Waals surface area contributed by atoms with E-state index < -0.39 is 7.60 Å². The van der Waals surface area contributed by atoms with Gasteiger partial charge in [0, 0.05) is 50.4 Å². The van der Waals surface area contributed by atoms with Crippen molar-refractivity contribution in [2.75, 3.05) is 67.9 Å². The van der Waals surface area contributed by atoms with Crippen molar-refractivity contribution in [3.63, 3.8) is 0 Å². The van der Waals surface area contributed by atoms with E-state index in [1.54, 1.807) is 0 Å². The molecule has 0 bridgehead atoms. The Morgan fingerprint density at radius 2 is 1.79 bits per heavy atom. The third-order valence-corrected chi connectivity index (χ3v) is 9.46. The summed E-state index contributed by atoms with van der Waals surface area (Å²) >= 11 is 0. The van der Waals surface area contributed by atoms with Gasteiger partial charge in [0.1, 0.15) is 11.6 Å². The number of anilines is 3. The summed E-state index contributed by atoms with van der Waals surface area (Å²) in [4.78, 5) is 32.0. The van der Waals surface area contributed by atoms with Gasteiger partial charge in [0.15, 0.2) is 0 Å². The Balaban J connectivity index is 1.14. The number of rotatable bonds is 13. The molecule has 1 aromatic heterocycles. The molecular weight excluding hydrogens is 515 g/mol. The Bertz CT molecular complexity index is 920. The third kappa shape index (κ3) is 10.4. The van der Waals surface area contributed by atoms with Crippen molar-refractivity contribution in [3.8, 4) is 0 Å². The molecular formula is C27H51N8O3P. The fourth-order valence-corrected chi connectivity index (χ4v) is 6.82. The Kier molecular flexibility index (Phi) is 11.7. The van der Waals surface area contributed by atoms with Crippen molar-refractivity contribution >= 4 is 25.2 Å². The average molecular weight is 567 g/mol. The second-order valence-corrected chi connectivity index (χ2v) is 13.7. The second-order valence-electron chi connectivity index (χ2n) is 11.9. The maximum absolute atomic E-state index is 11.3. The molecule has 2 saturated carbocycles. The van der Waals surface area contributed by atoms with Crippen LogP contribution in [-0.4, -0.2) is 94.8 Å². The van der Waals surface area contributed by atoms with Crippen LogP contribution in [0.1, 0.15) is 71.1 Å². The van der Waals surface area contributed by atoms with Gasteiger partial charge in [-0.1, -0.05) is 19.3 Å². The highest BCUT2D eigenvalue weighted by atomic mass is 31.2. The molecule has 39 heavy (non-hydrogen) atoms. The molecule has 1 aromatic rings. The summed E-state index contributed by atoms with van der Waals surface area (Å²) in [6.07, 6.45) is 12.6. The summed E-state index contributed by atoms with van der Waals surface area (Å²) in [5.41, 5.74) is 6.16. The first-order valence-corrected chi connectivity index (χ1v) is 16.9. The fourth-order valence-electron chi connectivity index (χ4n) is 6.30. The molecule has 12 heteroatoms. The van der Waals surface area contributed by atoms with Gasteiger partial charge in [0.05, 0.1) is 6.16 Å². The number of nitrogens with zero attached hydrogens (tertiary/aromatic N) is 4. The number of nitrogen functional groups attached to an aromatic ring is 1. The number of nitrogens with one attached hydrogen (secondary N) is 3. The number of nitrogens with two attached hydrogens (primary N) is 1. The topological polar surface area (TPSA) is 152 Å². The molecule has 0 radical (unpaired) electrons. The normalized spacial score (nSPS) is 25.6. The van der Waals surface area contributed by atoms with E-state index in [1.165, 1.54) is 51.4 Å². The smallest absolute Gasteiger partial charge is 0.326 e. The van der Waals surface area contributed by atoms with E-state index in [0.717, 1.165) is 69.9 Å². The van der Waals surface area contributed by atoms with Crippen LogP contribution in [0.5, 0.6) is 0 Å². The first kappa shape index (κ1) is 30.5. The van der Waals surface area contributed by atoms with Crippen molar-refractivity contribution in [1.82, 2.24) is 25.5 Å². The summed E-state index contributed by atoms with van der Waals surface area (Å²) in [5.74, 6) is 2.58. The molecule has 0 spiro atoms. The van der Waals surface area contributed by atoms with Crippen LogP contribution in [-0.2, 0) is 4.57 Å². The van der Waals surface area contributed by atoms with E-state index in [1.807, 2.05) is 6.07 Å². The van der Waals surface area contributed by atoms with Crippen molar-refractivity contribution < 1.29 is 14.4 Å². The van der Waals surface area contributed by atoms with E-state index in [0.29, 0.717) is 24.4 Å². The van der Waals surface area contributed by atoms with Crippen LogP contribution in [0.25, 0.3) is 0 Å². The van der Waals surface area contributed by atoms with Crippen LogP contribution in [0.2, 0.25) is 0 Å². The van der Waals surface area contributed by atoms with Crippen LogP contribution in [0.4, 0.5) is 17.6 Å². The molecule has 1 unspecified atom stereocenters. The Hall–Kier alpha value is -1.49. The van der Waals surface area contributed by atoms with Gasteiger partial charge in [0.25, 0.3) is 0 Å². The van der Waals surface area contributed by atoms with Crippen molar-refractivity contribution in [3.05, 3.63) is 6.07 Å². The van der Waals surface area contributed by atoms with E-state index in [4.69, 9.17) is 10.7 Å². The first-order valence-electron chi connectivity index (χ1n) is 15.1. The Labute approximate surface area is 234 Å². The molecule has 4 rings (SSSR count). The van der Waals surface area contributed by atoms with Crippen molar-refractivity contribution in [2.45, 2.75) is 89.3 Å². The van der Waals surface area contributed by atoms with Crippen molar-refractivity contribution in [2.24, 2.45) is 5.92 Å². The number of aromatic nitrogens is 2. The SMILES string of the molecule is CC1CN(c2cc(N)nc(NC3CCC(CNCCCNC4CCCCC4)CC3)n2)CCN1CCP(=O)(O)O. The lowest BCUT2D eigenvalue weighted by Crippen LogP contribution is -2.52. The zero-order chi connectivity index (χ0) is 27.7. The highest BCUT2D eigenvalue weighted by Crippen LogP contribution is 2.34. The third-order valence-electron chi connectivity index (χ3n) is 8.68. The van der Waals surface area contributed by atoms with Gasteiger partial charge in [-0.2, -0.15) is 9.97 Å². The van der Waals surface area contributed by atoms with Crippen LogP contribution < -0.4 is 26.6 Å². The standard InChI is InChI=1S/C27H51N8O3P/c1-21-20-35(15-14-34(21)16-17-39(36,37)38)26-18-25(28)32-27(33-26)31-24-10-8-22(9-11-24)19-29-12-5-13-30-23-6-3-2-4-7-23/h18,21-24,29-30H,2-17,19-20H2,1H3,(H2,36,37,38)(H3,28,31,32,33). The number of hydrogen-bond acceptors (Lipinski definition) is 9. The minimum Gasteiger partial charge on any atom is -0.383 e. The molecule has 11 nitrogen and oxygen atoms in total.